The second-order valence-corrected chi connectivity index (χ2v) is 2.50. The molecule has 0 aromatic carbocycles. The molecular weight excluding hydrogens is 166 g/mol. The fourth-order valence-electron chi connectivity index (χ4n) is 0.847. The molecule has 70 valence electrons. The molecule has 0 aliphatic carbocycles. The number of aromatic nitrogens is 2. The van der Waals surface area contributed by atoms with Crippen LogP contribution in [0.2, 0.25) is 0 Å². The summed E-state index contributed by atoms with van der Waals surface area (Å²) in [6, 6.07) is 0. The minimum absolute atomic E-state index is 0.173. The number of rotatable bonds is 4. The summed E-state index contributed by atoms with van der Waals surface area (Å²) < 4.78 is 0. The summed E-state index contributed by atoms with van der Waals surface area (Å²) in [4.78, 5) is 8.08. The molecule has 4 nitrogen and oxygen atoms in total. The van der Waals surface area contributed by atoms with Crippen molar-refractivity contribution in [1.82, 2.24) is 9.97 Å². The van der Waals surface area contributed by atoms with Gasteiger partial charge in [-0.2, -0.15) is 0 Å². The van der Waals surface area contributed by atoms with Gasteiger partial charge in [0.2, 0.25) is 5.95 Å². The van der Waals surface area contributed by atoms with Gasteiger partial charge in [0.1, 0.15) is 0 Å². The molecule has 0 amide bonds. The van der Waals surface area contributed by atoms with E-state index in [0.717, 1.165) is 5.56 Å². The molecule has 4 heteroatoms. The highest BCUT2D eigenvalue weighted by molar-refractivity contribution is 5.47. The van der Waals surface area contributed by atoms with E-state index in [-0.39, 0.29) is 6.61 Å². The van der Waals surface area contributed by atoms with E-state index in [1.165, 1.54) is 0 Å². The molecule has 0 bridgehead atoms. The molecule has 0 spiro atoms. The Morgan fingerprint density at radius 1 is 1.46 bits per heavy atom. The summed E-state index contributed by atoms with van der Waals surface area (Å²) in [6.07, 6.45) is 7.89. The first-order valence-corrected chi connectivity index (χ1v) is 4.14. The maximum absolute atomic E-state index is 8.53. The molecule has 1 aromatic heterocycles. The van der Waals surface area contributed by atoms with Crippen LogP contribution in [0, 0.1) is 0 Å². The van der Waals surface area contributed by atoms with E-state index in [4.69, 9.17) is 5.11 Å². The van der Waals surface area contributed by atoms with Gasteiger partial charge in [0, 0.05) is 31.6 Å². The van der Waals surface area contributed by atoms with E-state index < -0.39 is 0 Å². The molecule has 1 heterocycles. The average Bonchev–Trinajstić information content (AvgIpc) is 2.19. The number of hydrogen-bond acceptors (Lipinski definition) is 4. The van der Waals surface area contributed by atoms with Gasteiger partial charge in [-0.05, 0) is 6.42 Å². The van der Waals surface area contributed by atoms with Gasteiger partial charge in [-0.1, -0.05) is 12.2 Å². The van der Waals surface area contributed by atoms with E-state index in [1.807, 2.05) is 12.2 Å². The summed E-state index contributed by atoms with van der Waals surface area (Å²) in [5, 5.41) is 11.4. The first kappa shape index (κ1) is 9.67. The molecule has 0 radical (unpaired) electrons. The van der Waals surface area contributed by atoms with Crippen LogP contribution in [0.25, 0.3) is 6.08 Å². The van der Waals surface area contributed by atoms with Crippen LogP contribution < -0.4 is 5.32 Å². The van der Waals surface area contributed by atoms with Crippen LogP contribution in [-0.2, 0) is 0 Å². The summed E-state index contributed by atoms with van der Waals surface area (Å²) in [6.45, 7) is 0.173. The molecule has 0 aliphatic heterocycles. The molecule has 0 unspecified atom stereocenters. The van der Waals surface area contributed by atoms with Crippen molar-refractivity contribution in [1.29, 1.82) is 0 Å². The molecule has 0 saturated heterocycles. The zero-order valence-electron chi connectivity index (χ0n) is 7.57. The Morgan fingerprint density at radius 2 is 2.15 bits per heavy atom. The van der Waals surface area contributed by atoms with E-state index in [0.29, 0.717) is 12.4 Å². The van der Waals surface area contributed by atoms with Crippen molar-refractivity contribution in [2.75, 3.05) is 19.0 Å². The van der Waals surface area contributed by atoms with Crippen LogP contribution in [0.1, 0.15) is 12.0 Å². The third kappa shape index (κ3) is 3.21. The molecule has 0 aliphatic rings. The predicted octanol–water partition coefficient (Wildman–Crippen LogP) is 0.914. The average molecular weight is 179 g/mol. The van der Waals surface area contributed by atoms with Gasteiger partial charge in [-0.15, -0.1) is 0 Å². The molecule has 1 rings (SSSR count). The third-order valence-electron chi connectivity index (χ3n) is 1.50. The summed E-state index contributed by atoms with van der Waals surface area (Å²) in [5.41, 5.74) is 0.937. The normalized spacial score (nSPS) is 10.6. The highest BCUT2D eigenvalue weighted by Crippen LogP contribution is 2.01. The van der Waals surface area contributed by atoms with Crippen LogP contribution in [0.4, 0.5) is 5.95 Å². The topological polar surface area (TPSA) is 58.0 Å². The summed E-state index contributed by atoms with van der Waals surface area (Å²) in [7, 11) is 1.77. The Balaban J connectivity index is 2.58. The number of aliphatic hydroxyl groups excluding tert-OH is 1. The largest absolute Gasteiger partial charge is 0.396 e. The standard InChI is InChI=1S/C9H13N3O/c1-10-9-11-6-8(7-12-9)4-2-3-5-13/h2,4,6-7,13H,3,5H2,1H3,(H,10,11,12). The van der Waals surface area contributed by atoms with Gasteiger partial charge in [-0.3, -0.25) is 0 Å². The molecular formula is C9H13N3O. The van der Waals surface area contributed by atoms with Gasteiger partial charge in [0.05, 0.1) is 0 Å². The molecule has 2 N–H and O–H groups in total. The van der Waals surface area contributed by atoms with Crippen molar-refractivity contribution < 1.29 is 5.11 Å². The van der Waals surface area contributed by atoms with Crippen molar-refractivity contribution in [2.45, 2.75) is 6.42 Å². The van der Waals surface area contributed by atoms with Crippen molar-refractivity contribution in [3.8, 4) is 0 Å². The Morgan fingerprint density at radius 3 is 2.69 bits per heavy atom. The van der Waals surface area contributed by atoms with Crippen molar-refractivity contribution in [3.05, 3.63) is 24.0 Å². The lowest BCUT2D eigenvalue weighted by Crippen LogP contribution is -1.94. The maximum atomic E-state index is 8.53. The van der Waals surface area contributed by atoms with Crippen molar-refractivity contribution in [2.24, 2.45) is 0 Å². The smallest absolute Gasteiger partial charge is 0.222 e. The molecule has 0 fully saturated rings. The Labute approximate surface area is 77.3 Å². The van der Waals surface area contributed by atoms with Crippen molar-refractivity contribution in [3.63, 3.8) is 0 Å². The predicted molar refractivity (Wildman–Crippen MR) is 52.3 cm³/mol. The van der Waals surface area contributed by atoms with Gasteiger partial charge >= 0.3 is 0 Å². The fraction of sp³-hybridized carbons (Fsp3) is 0.333. The number of aliphatic hydroxyl groups is 1. The minimum Gasteiger partial charge on any atom is -0.396 e. The number of nitrogens with one attached hydrogen (secondary N) is 1. The van der Waals surface area contributed by atoms with Crippen LogP contribution in [0.5, 0.6) is 0 Å². The van der Waals surface area contributed by atoms with Gasteiger partial charge < -0.3 is 10.4 Å². The van der Waals surface area contributed by atoms with Crippen LogP contribution in [-0.4, -0.2) is 28.7 Å². The second-order valence-electron chi connectivity index (χ2n) is 2.50. The van der Waals surface area contributed by atoms with E-state index in [1.54, 1.807) is 19.4 Å². The Bertz CT molecular complexity index is 269. The number of nitrogens with zero attached hydrogens (tertiary/aromatic N) is 2. The highest BCUT2D eigenvalue weighted by atomic mass is 16.2. The fourth-order valence-corrected chi connectivity index (χ4v) is 0.847. The minimum atomic E-state index is 0.173. The molecule has 1 aromatic rings. The van der Waals surface area contributed by atoms with Gasteiger partial charge in [0.15, 0.2) is 0 Å². The van der Waals surface area contributed by atoms with Crippen LogP contribution >= 0.6 is 0 Å². The van der Waals surface area contributed by atoms with E-state index >= 15 is 0 Å². The lowest BCUT2D eigenvalue weighted by atomic mass is 10.3. The van der Waals surface area contributed by atoms with E-state index in [2.05, 4.69) is 15.3 Å². The SMILES string of the molecule is CNc1ncc(C=CCCO)cn1. The zero-order valence-corrected chi connectivity index (χ0v) is 7.57. The Kier molecular flexibility index (Phi) is 3.92. The highest BCUT2D eigenvalue weighted by Gasteiger charge is 1.90. The number of anilines is 1. The van der Waals surface area contributed by atoms with Gasteiger partial charge in [0.25, 0.3) is 0 Å². The second kappa shape index (κ2) is 5.27. The lowest BCUT2D eigenvalue weighted by molar-refractivity contribution is 0.303. The molecule has 0 saturated carbocycles. The monoisotopic (exact) mass is 179 g/mol. The van der Waals surface area contributed by atoms with E-state index in [9.17, 15) is 0 Å². The lowest BCUT2D eigenvalue weighted by Gasteiger charge is -1.96. The summed E-state index contributed by atoms with van der Waals surface area (Å²) in [5.74, 6) is 0.610. The summed E-state index contributed by atoms with van der Waals surface area (Å²) >= 11 is 0. The quantitative estimate of drug-likeness (QED) is 0.721. The molecule has 13 heavy (non-hydrogen) atoms. The maximum Gasteiger partial charge on any atom is 0.222 e. The first-order chi connectivity index (χ1) is 6.36. The zero-order chi connectivity index (χ0) is 9.52. The van der Waals surface area contributed by atoms with Crippen LogP contribution in [0.3, 0.4) is 0 Å². The molecule has 0 atom stereocenters. The Hall–Kier alpha value is -1.42. The van der Waals surface area contributed by atoms with Crippen molar-refractivity contribution >= 4 is 12.0 Å². The first-order valence-electron chi connectivity index (χ1n) is 4.14. The number of hydrogen-bond donors (Lipinski definition) is 2. The van der Waals surface area contributed by atoms with Crippen LogP contribution in [0.15, 0.2) is 18.5 Å². The van der Waals surface area contributed by atoms with Gasteiger partial charge in [-0.25, -0.2) is 9.97 Å². The third-order valence-corrected chi connectivity index (χ3v) is 1.50.